The van der Waals surface area contributed by atoms with Gasteiger partial charge in [-0.15, -0.1) is 0 Å². The van der Waals surface area contributed by atoms with Crippen LogP contribution in [-0.4, -0.2) is 49.8 Å². The first-order valence-corrected chi connectivity index (χ1v) is 10.1. The summed E-state index contributed by atoms with van der Waals surface area (Å²) in [6.45, 7) is 1.49. The molecule has 0 saturated carbocycles. The van der Waals surface area contributed by atoms with Gasteiger partial charge in [-0.05, 0) is 72.3 Å². The number of ether oxygens (including phenoxy) is 3. The lowest BCUT2D eigenvalue weighted by atomic mass is 10.1. The van der Waals surface area contributed by atoms with E-state index in [-0.39, 0.29) is 11.4 Å². The maximum Gasteiger partial charge on any atom is 0.294 e. The van der Waals surface area contributed by atoms with Crippen LogP contribution in [0.4, 0.5) is 10.5 Å². The van der Waals surface area contributed by atoms with Crippen LogP contribution in [-0.2, 0) is 9.59 Å². The molecule has 1 aliphatic rings. The predicted molar refractivity (Wildman–Crippen MR) is 119 cm³/mol. The lowest BCUT2D eigenvalue weighted by Gasteiger charge is -2.13. The van der Waals surface area contributed by atoms with Crippen molar-refractivity contribution in [3.63, 3.8) is 0 Å². The van der Waals surface area contributed by atoms with Crippen molar-refractivity contribution >= 4 is 40.6 Å². The molecule has 1 N–H and O–H groups in total. The first kappa shape index (κ1) is 22.2. The molecule has 3 rings (SSSR count). The first-order valence-electron chi connectivity index (χ1n) is 9.28. The van der Waals surface area contributed by atoms with Crippen LogP contribution in [0, 0.1) is 6.92 Å². The Morgan fingerprint density at radius 3 is 2.29 bits per heavy atom. The second-order valence-electron chi connectivity index (χ2n) is 6.61. The van der Waals surface area contributed by atoms with Crippen LogP contribution in [0.25, 0.3) is 6.08 Å². The van der Waals surface area contributed by atoms with Gasteiger partial charge in [0.25, 0.3) is 11.1 Å². The number of imide groups is 1. The van der Waals surface area contributed by atoms with E-state index in [9.17, 15) is 14.4 Å². The first-order chi connectivity index (χ1) is 14.9. The van der Waals surface area contributed by atoms with Crippen molar-refractivity contribution in [1.29, 1.82) is 0 Å². The van der Waals surface area contributed by atoms with Crippen LogP contribution in [0.2, 0.25) is 0 Å². The smallest absolute Gasteiger partial charge is 0.294 e. The zero-order chi connectivity index (χ0) is 22.5. The second-order valence-corrected chi connectivity index (χ2v) is 7.60. The third kappa shape index (κ3) is 5.00. The van der Waals surface area contributed by atoms with E-state index in [4.69, 9.17) is 14.2 Å². The average molecular weight is 442 g/mol. The fourth-order valence-corrected chi connectivity index (χ4v) is 3.78. The second kappa shape index (κ2) is 9.57. The fraction of sp³-hybridized carbons (Fsp3) is 0.227. The Labute approximate surface area is 184 Å². The van der Waals surface area contributed by atoms with E-state index >= 15 is 0 Å². The lowest BCUT2D eigenvalue weighted by molar-refractivity contribution is -0.127. The summed E-state index contributed by atoms with van der Waals surface area (Å²) in [5, 5.41) is 2.16. The van der Waals surface area contributed by atoms with Crippen LogP contribution in [0.3, 0.4) is 0 Å². The fourth-order valence-electron chi connectivity index (χ4n) is 2.95. The molecule has 0 unspecified atom stereocenters. The molecule has 1 saturated heterocycles. The SMILES string of the molecule is COc1ccc(NC(=O)CN2C(=O)SC(=Cc3cc(OC)c(OC)cc3C)C2=O)cc1. The Balaban J connectivity index is 1.73. The maximum absolute atomic E-state index is 12.7. The number of nitrogens with zero attached hydrogens (tertiary/aromatic N) is 1. The molecule has 0 bridgehead atoms. The van der Waals surface area contributed by atoms with Crippen molar-refractivity contribution in [2.45, 2.75) is 6.92 Å². The molecular formula is C22H22N2O6S. The summed E-state index contributed by atoms with van der Waals surface area (Å²) < 4.78 is 15.6. The van der Waals surface area contributed by atoms with Gasteiger partial charge in [0.15, 0.2) is 11.5 Å². The van der Waals surface area contributed by atoms with Crippen molar-refractivity contribution in [3.8, 4) is 17.2 Å². The van der Waals surface area contributed by atoms with Gasteiger partial charge in [0.2, 0.25) is 5.91 Å². The zero-order valence-electron chi connectivity index (χ0n) is 17.6. The number of anilines is 1. The van der Waals surface area contributed by atoms with Gasteiger partial charge in [-0.25, -0.2) is 0 Å². The van der Waals surface area contributed by atoms with Crippen molar-refractivity contribution in [3.05, 3.63) is 52.4 Å². The van der Waals surface area contributed by atoms with Crippen LogP contribution in [0.1, 0.15) is 11.1 Å². The number of rotatable bonds is 7. The summed E-state index contributed by atoms with van der Waals surface area (Å²) in [5.41, 5.74) is 2.10. The molecular weight excluding hydrogens is 420 g/mol. The number of hydrogen-bond donors (Lipinski definition) is 1. The van der Waals surface area contributed by atoms with Gasteiger partial charge in [-0.3, -0.25) is 19.3 Å². The minimum Gasteiger partial charge on any atom is -0.497 e. The van der Waals surface area contributed by atoms with Crippen LogP contribution >= 0.6 is 11.8 Å². The summed E-state index contributed by atoms with van der Waals surface area (Å²) >= 11 is 0.792. The molecule has 162 valence electrons. The third-order valence-corrected chi connectivity index (χ3v) is 5.52. The van der Waals surface area contributed by atoms with E-state index in [0.717, 1.165) is 22.2 Å². The number of carbonyl (C=O) groups is 3. The molecule has 9 heteroatoms. The summed E-state index contributed by atoms with van der Waals surface area (Å²) in [6.07, 6.45) is 1.61. The normalized spacial score (nSPS) is 14.7. The largest absolute Gasteiger partial charge is 0.497 e. The molecule has 0 radical (unpaired) electrons. The number of benzene rings is 2. The van der Waals surface area contributed by atoms with Gasteiger partial charge in [0, 0.05) is 5.69 Å². The summed E-state index contributed by atoms with van der Waals surface area (Å²) in [7, 11) is 4.61. The molecule has 0 aromatic heterocycles. The number of hydrogen-bond acceptors (Lipinski definition) is 7. The summed E-state index contributed by atoms with van der Waals surface area (Å²) in [5.74, 6) is 0.738. The molecule has 1 heterocycles. The highest BCUT2D eigenvalue weighted by molar-refractivity contribution is 8.18. The Kier molecular flexibility index (Phi) is 6.86. The Hall–Kier alpha value is -3.46. The highest BCUT2D eigenvalue weighted by Crippen LogP contribution is 2.35. The Morgan fingerprint density at radius 2 is 1.68 bits per heavy atom. The molecule has 1 fully saturated rings. The van der Waals surface area contributed by atoms with E-state index in [1.165, 1.54) is 7.11 Å². The summed E-state index contributed by atoms with van der Waals surface area (Å²) in [6, 6.07) is 10.3. The average Bonchev–Trinajstić information content (AvgIpc) is 3.02. The van der Waals surface area contributed by atoms with Gasteiger partial charge in [-0.1, -0.05) is 0 Å². The molecule has 8 nitrogen and oxygen atoms in total. The molecule has 0 aliphatic carbocycles. The molecule has 2 aromatic rings. The van der Waals surface area contributed by atoms with E-state index in [0.29, 0.717) is 28.5 Å². The van der Waals surface area contributed by atoms with Gasteiger partial charge in [-0.2, -0.15) is 0 Å². The van der Waals surface area contributed by atoms with Crippen molar-refractivity contribution in [1.82, 2.24) is 4.90 Å². The minimum absolute atomic E-state index is 0.234. The topological polar surface area (TPSA) is 94.2 Å². The monoisotopic (exact) mass is 442 g/mol. The maximum atomic E-state index is 12.7. The standard InChI is InChI=1S/C22H22N2O6S/c1-13-9-17(29-3)18(30-4)10-14(13)11-19-21(26)24(22(27)31-19)12-20(25)23-15-5-7-16(28-2)8-6-15/h5-11H,12H2,1-4H3,(H,23,25). The van der Waals surface area contributed by atoms with Crippen molar-refractivity contribution < 1.29 is 28.6 Å². The van der Waals surface area contributed by atoms with E-state index in [1.807, 2.05) is 6.92 Å². The van der Waals surface area contributed by atoms with Gasteiger partial charge < -0.3 is 19.5 Å². The number of aryl methyl sites for hydroxylation is 1. The number of carbonyl (C=O) groups excluding carboxylic acids is 3. The van der Waals surface area contributed by atoms with Crippen molar-refractivity contribution in [2.75, 3.05) is 33.2 Å². The highest BCUT2D eigenvalue weighted by Gasteiger charge is 2.36. The number of thioether (sulfide) groups is 1. The third-order valence-electron chi connectivity index (χ3n) is 4.61. The van der Waals surface area contributed by atoms with Gasteiger partial charge in [0.1, 0.15) is 12.3 Å². The zero-order valence-corrected chi connectivity index (χ0v) is 18.4. The van der Waals surface area contributed by atoms with E-state index in [1.54, 1.807) is 56.7 Å². The molecule has 31 heavy (non-hydrogen) atoms. The Bertz CT molecular complexity index is 1050. The van der Waals surface area contributed by atoms with Crippen molar-refractivity contribution in [2.24, 2.45) is 0 Å². The number of methoxy groups -OCH3 is 3. The van der Waals surface area contributed by atoms with Crippen LogP contribution < -0.4 is 19.5 Å². The van der Waals surface area contributed by atoms with E-state index in [2.05, 4.69) is 5.32 Å². The molecule has 3 amide bonds. The molecule has 1 aliphatic heterocycles. The molecule has 0 spiro atoms. The predicted octanol–water partition coefficient (Wildman–Crippen LogP) is 3.70. The van der Waals surface area contributed by atoms with Crippen LogP contribution in [0.5, 0.6) is 17.2 Å². The van der Waals surface area contributed by atoms with Gasteiger partial charge in [0.05, 0.1) is 26.2 Å². The highest BCUT2D eigenvalue weighted by atomic mass is 32.2. The Morgan fingerprint density at radius 1 is 1.03 bits per heavy atom. The van der Waals surface area contributed by atoms with Crippen LogP contribution in [0.15, 0.2) is 41.3 Å². The number of nitrogens with one attached hydrogen (secondary N) is 1. The summed E-state index contributed by atoms with van der Waals surface area (Å²) in [4.78, 5) is 38.6. The molecule has 2 aromatic carbocycles. The van der Waals surface area contributed by atoms with Gasteiger partial charge >= 0.3 is 0 Å². The lowest BCUT2D eigenvalue weighted by Crippen LogP contribution is -2.36. The number of amides is 3. The quantitative estimate of drug-likeness (QED) is 0.654. The molecule has 0 atom stereocenters. The minimum atomic E-state index is -0.519. The van der Waals surface area contributed by atoms with E-state index < -0.39 is 17.1 Å².